The predicted molar refractivity (Wildman–Crippen MR) is 98.9 cm³/mol. The van der Waals surface area contributed by atoms with Crippen LogP contribution in [0.15, 0.2) is 30.3 Å². The quantitative estimate of drug-likeness (QED) is 0.439. The van der Waals surface area contributed by atoms with Crippen molar-refractivity contribution in [3.63, 3.8) is 0 Å². The second kappa shape index (κ2) is 10.9. The van der Waals surface area contributed by atoms with Gasteiger partial charge in [-0.25, -0.2) is 0 Å². The maximum Gasteiger partial charge on any atom is 0.309 e. The Kier molecular flexibility index (Phi) is 9.25. The summed E-state index contributed by atoms with van der Waals surface area (Å²) in [5.41, 5.74) is 0.562. The van der Waals surface area contributed by atoms with Gasteiger partial charge in [0, 0.05) is 6.42 Å². The van der Waals surface area contributed by atoms with Crippen molar-refractivity contribution >= 4 is 11.9 Å². The van der Waals surface area contributed by atoms with Gasteiger partial charge in [-0.05, 0) is 45.6 Å². The van der Waals surface area contributed by atoms with E-state index in [1.807, 2.05) is 58.0 Å². The van der Waals surface area contributed by atoms with Gasteiger partial charge in [0.25, 0.3) is 0 Å². The molecule has 1 unspecified atom stereocenters. The van der Waals surface area contributed by atoms with Crippen molar-refractivity contribution < 1.29 is 19.1 Å². The monoisotopic (exact) mass is 348 g/mol. The van der Waals surface area contributed by atoms with Crippen LogP contribution in [0.2, 0.25) is 0 Å². The number of carbonyl (C=O) groups excluding carboxylic acids is 2. The van der Waals surface area contributed by atoms with Crippen LogP contribution in [-0.4, -0.2) is 17.5 Å². The Morgan fingerprint density at radius 1 is 1.04 bits per heavy atom. The molecule has 0 fully saturated rings. The molecule has 0 aromatic heterocycles. The molecule has 0 saturated carbocycles. The van der Waals surface area contributed by atoms with E-state index < -0.39 is 5.60 Å². The van der Waals surface area contributed by atoms with E-state index in [-0.39, 0.29) is 17.9 Å². The number of hydrogen-bond donors (Lipinski definition) is 0. The molecule has 0 N–H and O–H groups in total. The minimum absolute atomic E-state index is 0.0516. The number of unbranched alkanes of at least 4 members (excludes halogenated alkanes) is 2. The summed E-state index contributed by atoms with van der Waals surface area (Å²) in [6, 6.07) is 9.67. The molecule has 1 rings (SSSR count). The van der Waals surface area contributed by atoms with Crippen LogP contribution in [0.1, 0.15) is 71.8 Å². The van der Waals surface area contributed by atoms with Gasteiger partial charge in [-0.15, -0.1) is 0 Å². The summed E-state index contributed by atoms with van der Waals surface area (Å²) in [5.74, 6) is -0.329. The fourth-order valence-electron chi connectivity index (χ4n) is 2.52. The highest BCUT2D eigenvalue weighted by atomic mass is 16.6. The van der Waals surface area contributed by atoms with Crippen molar-refractivity contribution in [3.05, 3.63) is 35.9 Å². The number of benzene rings is 1. The highest BCUT2D eigenvalue weighted by Gasteiger charge is 2.23. The third-order valence-electron chi connectivity index (χ3n) is 3.91. The van der Waals surface area contributed by atoms with Crippen molar-refractivity contribution in [2.24, 2.45) is 5.92 Å². The zero-order valence-corrected chi connectivity index (χ0v) is 16.0. The lowest BCUT2D eigenvalue weighted by Crippen LogP contribution is -2.28. The van der Waals surface area contributed by atoms with Gasteiger partial charge in [0.05, 0.1) is 5.92 Å². The molecule has 25 heavy (non-hydrogen) atoms. The van der Waals surface area contributed by atoms with Crippen LogP contribution < -0.4 is 0 Å². The van der Waals surface area contributed by atoms with Crippen molar-refractivity contribution in [1.29, 1.82) is 0 Å². The topological polar surface area (TPSA) is 52.6 Å². The van der Waals surface area contributed by atoms with Crippen LogP contribution in [0.5, 0.6) is 0 Å². The van der Waals surface area contributed by atoms with Gasteiger partial charge in [-0.3, -0.25) is 9.59 Å². The number of rotatable bonds is 10. The van der Waals surface area contributed by atoms with Crippen LogP contribution >= 0.6 is 0 Å². The molecule has 1 atom stereocenters. The summed E-state index contributed by atoms with van der Waals surface area (Å²) < 4.78 is 10.7. The number of hydrogen-bond acceptors (Lipinski definition) is 4. The first-order chi connectivity index (χ1) is 11.8. The van der Waals surface area contributed by atoms with E-state index >= 15 is 0 Å². The Labute approximate surface area is 151 Å². The summed E-state index contributed by atoms with van der Waals surface area (Å²) in [7, 11) is 0. The summed E-state index contributed by atoms with van der Waals surface area (Å²) in [4.78, 5) is 23.8. The van der Waals surface area contributed by atoms with Crippen LogP contribution in [-0.2, 0) is 25.7 Å². The standard InChI is InChI=1S/C21H32O4/c1-5-18(20(23)25-21(2,3)4)14-10-7-11-15-19(22)24-16-17-12-8-6-9-13-17/h6,8-9,12-13,18H,5,7,10-11,14-16H2,1-4H3. The molecule has 0 radical (unpaired) electrons. The smallest absolute Gasteiger partial charge is 0.309 e. The van der Waals surface area contributed by atoms with Crippen molar-refractivity contribution in [1.82, 2.24) is 0 Å². The normalized spacial score (nSPS) is 12.5. The first-order valence-electron chi connectivity index (χ1n) is 9.24. The molecule has 0 spiro atoms. The third-order valence-corrected chi connectivity index (χ3v) is 3.91. The lowest BCUT2D eigenvalue weighted by atomic mass is 9.98. The largest absolute Gasteiger partial charge is 0.461 e. The first kappa shape index (κ1) is 21.2. The molecule has 1 aromatic carbocycles. The van der Waals surface area contributed by atoms with Gasteiger partial charge in [-0.2, -0.15) is 0 Å². The van der Waals surface area contributed by atoms with Gasteiger partial charge >= 0.3 is 11.9 Å². The van der Waals surface area contributed by atoms with Crippen LogP contribution in [0.4, 0.5) is 0 Å². The zero-order valence-electron chi connectivity index (χ0n) is 16.0. The lowest BCUT2D eigenvalue weighted by Gasteiger charge is -2.23. The SMILES string of the molecule is CCC(CCCCCC(=O)OCc1ccccc1)C(=O)OC(C)(C)C. The maximum absolute atomic E-state index is 12.1. The van der Waals surface area contributed by atoms with Gasteiger partial charge in [0.1, 0.15) is 12.2 Å². The van der Waals surface area contributed by atoms with Crippen LogP contribution in [0.3, 0.4) is 0 Å². The van der Waals surface area contributed by atoms with Crippen molar-refractivity contribution in [2.75, 3.05) is 0 Å². The maximum atomic E-state index is 12.1. The highest BCUT2D eigenvalue weighted by Crippen LogP contribution is 2.19. The number of esters is 2. The molecule has 0 saturated heterocycles. The highest BCUT2D eigenvalue weighted by molar-refractivity contribution is 5.72. The molecule has 0 aliphatic carbocycles. The fourth-order valence-corrected chi connectivity index (χ4v) is 2.52. The fraction of sp³-hybridized carbons (Fsp3) is 0.619. The molecule has 0 aliphatic heterocycles. The minimum Gasteiger partial charge on any atom is -0.461 e. The molecule has 1 aromatic rings. The molecule has 140 valence electrons. The van der Waals surface area contributed by atoms with Gasteiger partial charge in [-0.1, -0.05) is 50.1 Å². The van der Waals surface area contributed by atoms with E-state index in [0.717, 1.165) is 37.7 Å². The van der Waals surface area contributed by atoms with E-state index in [1.165, 1.54) is 0 Å². The third kappa shape index (κ3) is 9.90. The van der Waals surface area contributed by atoms with Gasteiger partial charge in [0.15, 0.2) is 0 Å². The summed E-state index contributed by atoms with van der Waals surface area (Å²) in [6.45, 7) is 8.00. The average Bonchev–Trinajstić information content (AvgIpc) is 2.55. The molecule has 0 heterocycles. The van der Waals surface area contributed by atoms with Crippen molar-refractivity contribution in [2.45, 2.75) is 78.4 Å². The Hall–Kier alpha value is -1.84. The molecule has 0 aliphatic rings. The van der Waals surface area contributed by atoms with Crippen LogP contribution in [0, 0.1) is 5.92 Å². The molecular formula is C21H32O4. The number of carbonyl (C=O) groups is 2. The molecular weight excluding hydrogens is 316 g/mol. The second-order valence-corrected chi connectivity index (χ2v) is 7.38. The lowest BCUT2D eigenvalue weighted by molar-refractivity contribution is -0.160. The summed E-state index contributed by atoms with van der Waals surface area (Å²) in [6.07, 6.45) is 4.65. The second-order valence-electron chi connectivity index (χ2n) is 7.38. The Balaban J connectivity index is 2.15. The van der Waals surface area contributed by atoms with E-state index in [0.29, 0.717) is 13.0 Å². The summed E-state index contributed by atoms with van der Waals surface area (Å²) in [5, 5.41) is 0. The van der Waals surface area contributed by atoms with Crippen molar-refractivity contribution in [3.8, 4) is 0 Å². The Bertz CT molecular complexity index is 516. The summed E-state index contributed by atoms with van der Waals surface area (Å²) >= 11 is 0. The molecule has 0 bridgehead atoms. The van der Waals surface area contributed by atoms with Crippen LogP contribution in [0.25, 0.3) is 0 Å². The van der Waals surface area contributed by atoms with Gasteiger partial charge in [0.2, 0.25) is 0 Å². The predicted octanol–water partition coefficient (Wildman–Crippen LogP) is 5.05. The molecule has 4 nitrogen and oxygen atoms in total. The van der Waals surface area contributed by atoms with E-state index in [4.69, 9.17) is 9.47 Å². The van der Waals surface area contributed by atoms with E-state index in [2.05, 4.69) is 0 Å². The average molecular weight is 348 g/mol. The Morgan fingerprint density at radius 3 is 2.32 bits per heavy atom. The number of ether oxygens (including phenoxy) is 2. The first-order valence-corrected chi connectivity index (χ1v) is 9.24. The van der Waals surface area contributed by atoms with E-state index in [1.54, 1.807) is 0 Å². The minimum atomic E-state index is -0.437. The van der Waals surface area contributed by atoms with Gasteiger partial charge < -0.3 is 9.47 Å². The van der Waals surface area contributed by atoms with E-state index in [9.17, 15) is 9.59 Å². The molecule has 0 amide bonds. The Morgan fingerprint density at radius 2 is 1.72 bits per heavy atom. The zero-order chi connectivity index (χ0) is 18.7. The molecule has 4 heteroatoms.